The lowest BCUT2D eigenvalue weighted by Crippen LogP contribution is -2.54. The summed E-state index contributed by atoms with van der Waals surface area (Å²) in [5, 5.41) is 0. The molecule has 1 heterocycles. The monoisotopic (exact) mass is 290 g/mol. The van der Waals surface area contributed by atoms with Gasteiger partial charge in [0, 0.05) is 19.1 Å². The fraction of sp³-hybridized carbons (Fsp3) is 0.588. The maximum Gasteiger partial charge on any atom is 0.332 e. The second-order valence-electron chi connectivity index (χ2n) is 6.18. The van der Waals surface area contributed by atoms with Crippen LogP contribution >= 0.6 is 0 Å². The van der Waals surface area contributed by atoms with Gasteiger partial charge in [0.2, 0.25) is 0 Å². The highest BCUT2D eigenvalue weighted by atomic mass is 16.5. The van der Waals surface area contributed by atoms with Gasteiger partial charge in [-0.25, -0.2) is 4.79 Å². The number of carbonyl (C=O) groups is 1. The lowest BCUT2D eigenvalue weighted by molar-refractivity contribution is -0.151. The van der Waals surface area contributed by atoms with E-state index in [0.717, 1.165) is 18.5 Å². The highest BCUT2D eigenvalue weighted by Crippen LogP contribution is 2.28. The van der Waals surface area contributed by atoms with Crippen molar-refractivity contribution in [3.8, 4) is 0 Å². The van der Waals surface area contributed by atoms with Crippen LogP contribution in [0.5, 0.6) is 0 Å². The predicted molar refractivity (Wildman–Crippen MR) is 83.8 cm³/mol. The maximum absolute atomic E-state index is 12.5. The van der Waals surface area contributed by atoms with Crippen molar-refractivity contribution in [2.45, 2.75) is 38.8 Å². The van der Waals surface area contributed by atoms with Crippen molar-refractivity contribution >= 4 is 5.97 Å². The molecule has 0 amide bonds. The van der Waals surface area contributed by atoms with Gasteiger partial charge in [0.1, 0.15) is 0 Å². The third-order valence-corrected chi connectivity index (χ3v) is 4.29. The van der Waals surface area contributed by atoms with E-state index in [2.05, 4.69) is 18.7 Å². The van der Waals surface area contributed by atoms with Gasteiger partial charge >= 0.3 is 5.97 Å². The van der Waals surface area contributed by atoms with Crippen molar-refractivity contribution in [1.82, 2.24) is 4.90 Å². The average Bonchev–Trinajstić information content (AvgIpc) is 2.77. The van der Waals surface area contributed by atoms with Crippen LogP contribution in [-0.2, 0) is 15.1 Å². The van der Waals surface area contributed by atoms with Crippen molar-refractivity contribution in [3.63, 3.8) is 0 Å². The van der Waals surface area contributed by atoms with E-state index in [1.165, 1.54) is 0 Å². The van der Waals surface area contributed by atoms with Crippen LogP contribution in [0, 0.1) is 5.92 Å². The number of benzene rings is 1. The van der Waals surface area contributed by atoms with Crippen LogP contribution in [0.2, 0.25) is 0 Å². The van der Waals surface area contributed by atoms with E-state index in [1.54, 1.807) is 0 Å². The van der Waals surface area contributed by atoms with Gasteiger partial charge in [-0.3, -0.25) is 4.90 Å². The summed E-state index contributed by atoms with van der Waals surface area (Å²) in [7, 11) is 0. The molecule has 116 valence electrons. The largest absolute Gasteiger partial charge is 0.464 e. The summed E-state index contributed by atoms with van der Waals surface area (Å²) in [6.07, 6.45) is 1.15. The Morgan fingerprint density at radius 2 is 2.05 bits per heavy atom. The van der Waals surface area contributed by atoms with Crippen LogP contribution in [0.15, 0.2) is 30.3 Å². The molecule has 0 saturated carbocycles. The highest BCUT2D eigenvalue weighted by molar-refractivity contribution is 5.82. The number of ether oxygens (including phenoxy) is 1. The van der Waals surface area contributed by atoms with Crippen LogP contribution in [0.3, 0.4) is 0 Å². The summed E-state index contributed by atoms with van der Waals surface area (Å²) in [5.74, 6) is 0.296. The minimum absolute atomic E-state index is 0.344. The first-order valence-electron chi connectivity index (χ1n) is 7.73. The Hall–Kier alpha value is -1.39. The zero-order valence-electron chi connectivity index (χ0n) is 13.2. The molecular formula is C17H26N2O2. The maximum atomic E-state index is 12.5. The fourth-order valence-corrected chi connectivity index (χ4v) is 3.20. The summed E-state index contributed by atoms with van der Waals surface area (Å²) >= 11 is 0. The topological polar surface area (TPSA) is 55.6 Å². The standard InChI is InChI=1S/C17H26N2O2/c1-4-21-16(20)17(18,15-8-6-5-7-9-15)12-19-11-13(2)10-14(19)3/h5-9,13-14H,4,10-12,18H2,1-3H3. The Labute approximate surface area is 127 Å². The van der Waals surface area contributed by atoms with Crippen LogP contribution in [0.1, 0.15) is 32.8 Å². The fourth-order valence-electron chi connectivity index (χ4n) is 3.20. The third-order valence-electron chi connectivity index (χ3n) is 4.29. The second-order valence-corrected chi connectivity index (χ2v) is 6.18. The van der Waals surface area contributed by atoms with Gasteiger partial charge in [0.25, 0.3) is 0 Å². The Morgan fingerprint density at radius 1 is 1.38 bits per heavy atom. The molecule has 1 aromatic carbocycles. The van der Waals surface area contributed by atoms with Gasteiger partial charge < -0.3 is 10.5 Å². The Kier molecular flexibility index (Phi) is 5.01. The minimum Gasteiger partial charge on any atom is -0.464 e. The number of hydrogen-bond donors (Lipinski definition) is 1. The summed E-state index contributed by atoms with van der Waals surface area (Å²) in [6.45, 7) is 8.07. The molecule has 0 bridgehead atoms. The van der Waals surface area contributed by atoms with E-state index in [4.69, 9.17) is 10.5 Å². The lowest BCUT2D eigenvalue weighted by atomic mass is 9.90. The first-order chi connectivity index (χ1) is 9.97. The van der Waals surface area contributed by atoms with Gasteiger partial charge in [-0.05, 0) is 31.7 Å². The van der Waals surface area contributed by atoms with Crippen molar-refractivity contribution in [3.05, 3.63) is 35.9 Å². The number of nitrogens with two attached hydrogens (primary N) is 1. The molecule has 1 aliphatic heterocycles. The van der Waals surface area contributed by atoms with Crippen molar-refractivity contribution < 1.29 is 9.53 Å². The molecule has 21 heavy (non-hydrogen) atoms. The van der Waals surface area contributed by atoms with Gasteiger partial charge in [0.05, 0.1) is 6.61 Å². The molecule has 0 radical (unpaired) electrons. The van der Waals surface area contributed by atoms with E-state index in [-0.39, 0.29) is 5.97 Å². The number of likely N-dealkylation sites (tertiary alicyclic amines) is 1. The number of carbonyl (C=O) groups excluding carboxylic acids is 1. The zero-order chi connectivity index (χ0) is 15.5. The second kappa shape index (κ2) is 6.58. The van der Waals surface area contributed by atoms with Crippen LogP contribution in [0.25, 0.3) is 0 Å². The molecule has 0 aromatic heterocycles. The van der Waals surface area contributed by atoms with Crippen LogP contribution < -0.4 is 5.73 Å². The van der Waals surface area contributed by atoms with Gasteiger partial charge in [-0.2, -0.15) is 0 Å². The molecule has 1 saturated heterocycles. The molecular weight excluding hydrogens is 264 g/mol. The predicted octanol–water partition coefficient (Wildman–Crippen LogP) is 2.13. The number of esters is 1. The Bertz CT molecular complexity index is 477. The highest BCUT2D eigenvalue weighted by Gasteiger charge is 2.42. The SMILES string of the molecule is CCOC(=O)C(N)(CN1CC(C)CC1C)c1ccccc1. The molecule has 1 aliphatic rings. The molecule has 4 heteroatoms. The summed E-state index contributed by atoms with van der Waals surface area (Å²) in [6, 6.07) is 10.00. The van der Waals surface area contributed by atoms with Crippen LogP contribution in [-0.4, -0.2) is 36.6 Å². The first kappa shape index (κ1) is 16.0. The zero-order valence-corrected chi connectivity index (χ0v) is 13.2. The summed E-state index contributed by atoms with van der Waals surface area (Å²) < 4.78 is 5.24. The molecule has 2 rings (SSSR count). The van der Waals surface area contributed by atoms with E-state index >= 15 is 0 Å². The van der Waals surface area contributed by atoms with Crippen LogP contribution in [0.4, 0.5) is 0 Å². The third kappa shape index (κ3) is 3.44. The number of hydrogen-bond acceptors (Lipinski definition) is 4. The normalized spacial score (nSPS) is 25.5. The summed E-state index contributed by atoms with van der Waals surface area (Å²) in [4.78, 5) is 14.8. The average molecular weight is 290 g/mol. The molecule has 3 atom stereocenters. The molecule has 1 fully saturated rings. The molecule has 0 aliphatic carbocycles. The molecule has 1 aromatic rings. The number of nitrogens with zero attached hydrogens (tertiary/aromatic N) is 1. The van der Waals surface area contributed by atoms with Gasteiger partial charge in [-0.15, -0.1) is 0 Å². The molecule has 0 spiro atoms. The summed E-state index contributed by atoms with van der Waals surface area (Å²) in [5.41, 5.74) is 6.23. The number of rotatable bonds is 5. The minimum atomic E-state index is -1.10. The van der Waals surface area contributed by atoms with Gasteiger partial charge in [-0.1, -0.05) is 37.3 Å². The first-order valence-corrected chi connectivity index (χ1v) is 7.73. The molecule has 3 unspecified atom stereocenters. The van der Waals surface area contributed by atoms with Gasteiger partial charge in [0.15, 0.2) is 5.54 Å². The smallest absolute Gasteiger partial charge is 0.332 e. The molecule has 2 N–H and O–H groups in total. The van der Waals surface area contributed by atoms with E-state index in [9.17, 15) is 4.79 Å². The van der Waals surface area contributed by atoms with E-state index in [0.29, 0.717) is 25.1 Å². The van der Waals surface area contributed by atoms with Crippen molar-refractivity contribution in [2.75, 3.05) is 19.7 Å². The lowest BCUT2D eigenvalue weighted by Gasteiger charge is -2.34. The quantitative estimate of drug-likeness (QED) is 0.844. The Balaban J connectivity index is 2.26. The van der Waals surface area contributed by atoms with Crippen molar-refractivity contribution in [1.29, 1.82) is 0 Å². The molecule has 4 nitrogen and oxygen atoms in total. The van der Waals surface area contributed by atoms with E-state index in [1.807, 2.05) is 37.3 Å². The Morgan fingerprint density at radius 3 is 2.57 bits per heavy atom. The van der Waals surface area contributed by atoms with Crippen molar-refractivity contribution in [2.24, 2.45) is 11.7 Å². The van der Waals surface area contributed by atoms with E-state index < -0.39 is 5.54 Å².